The number of hydrogen-bond donors (Lipinski definition) is 1. The highest BCUT2D eigenvalue weighted by Crippen LogP contribution is 2.06. The van der Waals surface area contributed by atoms with E-state index in [-0.39, 0.29) is 6.61 Å². The van der Waals surface area contributed by atoms with Crippen LogP contribution in [-0.4, -0.2) is 11.7 Å². The van der Waals surface area contributed by atoms with E-state index in [4.69, 9.17) is 5.11 Å². The Balaban J connectivity index is 4.37. The van der Waals surface area contributed by atoms with Gasteiger partial charge in [-0.3, -0.25) is 0 Å². The SMILES string of the molecule is C=C(C)/C(=C\C=C(C)C)CO. The van der Waals surface area contributed by atoms with Crippen LogP contribution in [0.25, 0.3) is 0 Å². The van der Waals surface area contributed by atoms with Crippen molar-refractivity contribution in [1.29, 1.82) is 0 Å². The van der Waals surface area contributed by atoms with E-state index in [9.17, 15) is 0 Å². The van der Waals surface area contributed by atoms with Crippen LogP contribution in [0.3, 0.4) is 0 Å². The molecule has 0 heterocycles. The van der Waals surface area contributed by atoms with Crippen LogP contribution in [0.5, 0.6) is 0 Å². The highest BCUT2D eigenvalue weighted by molar-refractivity contribution is 5.30. The summed E-state index contributed by atoms with van der Waals surface area (Å²) in [5, 5.41) is 8.85. The van der Waals surface area contributed by atoms with Gasteiger partial charge in [-0.25, -0.2) is 0 Å². The summed E-state index contributed by atoms with van der Waals surface area (Å²) in [6, 6.07) is 0. The van der Waals surface area contributed by atoms with Crippen LogP contribution in [0, 0.1) is 0 Å². The van der Waals surface area contributed by atoms with E-state index in [2.05, 4.69) is 6.58 Å². The van der Waals surface area contributed by atoms with Crippen LogP contribution in [0.1, 0.15) is 20.8 Å². The molecule has 0 aromatic rings. The second kappa shape index (κ2) is 4.91. The van der Waals surface area contributed by atoms with Crippen molar-refractivity contribution in [2.24, 2.45) is 0 Å². The van der Waals surface area contributed by atoms with Crippen molar-refractivity contribution < 1.29 is 5.11 Å². The van der Waals surface area contributed by atoms with Crippen molar-refractivity contribution >= 4 is 0 Å². The van der Waals surface area contributed by atoms with Gasteiger partial charge in [0.1, 0.15) is 0 Å². The van der Waals surface area contributed by atoms with Crippen molar-refractivity contribution in [3.05, 3.63) is 35.5 Å². The zero-order chi connectivity index (χ0) is 8.85. The summed E-state index contributed by atoms with van der Waals surface area (Å²) in [6.07, 6.45) is 3.87. The fourth-order valence-electron chi connectivity index (χ4n) is 0.597. The molecule has 0 spiro atoms. The standard InChI is InChI=1S/C10H16O/c1-8(2)5-6-10(7-11)9(3)4/h5-6,11H,3,7H2,1-2,4H3/b10-6-. The summed E-state index contributed by atoms with van der Waals surface area (Å²) in [4.78, 5) is 0. The lowest BCUT2D eigenvalue weighted by Gasteiger charge is -1.99. The highest BCUT2D eigenvalue weighted by Gasteiger charge is 1.92. The summed E-state index contributed by atoms with van der Waals surface area (Å²) in [6.45, 7) is 9.74. The second-order valence-corrected chi connectivity index (χ2v) is 2.87. The lowest BCUT2D eigenvalue weighted by Crippen LogP contribution is -1.89. The van der Waals surface area contributed by atoms with Gasteiger partial charge in [-0.2, -0.15) is 0 Å². The van der Waals surface area contributed by atoms with Crippen molar-refractivity contribution in [3.8, 4) is 0 Å². The van der Waals surface area contributed by atoms with Gasteiger partial charge < -0.3 is 5.11 Å². The van der Waals surface area contributed by atoms with Gasteiger partial charge in [-0.15, -0.1) is 0 Å². The Kier molecular flexibility index (Phi) is 4.55. The minimum Gasteiger partial charge on any atom is -0.392 e. The summed E-state index contributed by atoms with van der Waals surface area (Å²) in [5.74, 6) is 0. The monoisotopic (exact) mass is 152 g/mol. The third kappa shape index (κ3) is 4.57. The molecule has 0 bridgehead atoms. The molecular weight excluding hydrogens is 136 g/mol. The molecule has 0 aromatic heterocycles. The number of hydrogen-bond acceptors (Lipinski definition) is 1. The average Bonchev–Trinajstić information content (AvgIpc) is 1.87. The van der Waals surface area contributed by atoms with Crippen LogP contribution >= 0.6 is 0 Å². The van der Waals surface area contributed by atoms with E-state index < -0.39 is 0 Å². The number of aliphatic hydroxyl groups is 1. The molecular formula is C10H16O. The molecule has 1 N–H and O–H groups in total. The fraction of sp³-hybridized carbons (Fsp3) is 0.400. The molecule has 0 saturated carbocycles. The van der Waals surface area contributed by atoms with E-state index >= 15 is 0 Å². The predicted molar refractivity (Wildman–Crippen MR) is 49.4 cm³/mol. The average molecular weight is 152 g/mol. The maximum Gasteiger partial charge on any atom is 0.0684 e. The summed E-state index contributed by atoms with van der Waals surface area (Å²) < 4.78 is 0. The molecule has 0 atom stereocenters. The largest absolute Gasteiger partial charge is 0.392 e. The van der Waals surface area contributed by atoms with Crippen LogP contribution in [0.15, 0.2) is 35.5 Å². The zero-order valence-corrected chi connectivity index (χ0v) is 7.52. The molecule has 11 heavy (non-hydrogen) atoms. The van der Waals surface area contributed by atoms with Crippen molar-refractivity contribution in [1.82, 2.24) is 0 Å². The molecule has 0 fully saturated rings. The maximum atomic E-state index is 8.85. The molecule has 0 aliphatic heterocycles. The molecule has 0 unspecified atom stereocenters. The highest BCUT2D eigenvalue weighted by atomic mass is 16.3. The Morgan fingerprint density at radius 2 is 1.82 bits per heavy atom. The van der Waals surface area contributed by atoms with Crippen LogP contribution in [0.4, 0.5) is 0 Å². The van der Waals surface area contributed by atoms with Gasteiger partial charge in [0.25, 0.3) is 0 Å². The van der Waals surface area contributed by atoms with E-state index in [1.54, 1.807) is 0 Å². The molecule has 0 saturated heterocycles. The summed E-state index contributed by atoms with van der Waals surface area (Å²) in [5.41, 5.74) is 3.04. The molecule has 1 heteroatoms. The Hall–Kier alpha value is -0.820. The normalized spacial score (nSPS) is 11.1. The van der Waals surface area contributed by atoms with E-state index in [0.29, 0.717) is 0 Å². The second-order valence-electron chi connectivity index (χ2n) is 2.87. The first-order valence-electron chi connectivity index (χ1n) is 3.68. The van der Waals surface area contributed by atoms with Crippen LogP contribution in [0.2, 0.25) is 0 Å². The first-order valence-corrected chi connectivity index (χ1v) is 3.68. The Labute approximate surface area is 68.7 Å². The van der Waals surface area contributed by atoms with Gasteiger partial charge in [-0.1, -0.05) is 29.9 Å². The minimum atomic E-state index is 0.0686. The number of allylic oxidation sites excluding steroid dienone is 3. The van der Waals surface area contributed by atoms with Crippen molar-refractivity contribution in [2.45, 2.75) is 20.8 Å². The zero-order valence-electron chi connectivity index (χ0n) is 7.52. The van der Waals surface area contributed by atoms with Crippen molar-refractivity contribution in [2.75, 3.05) is 6.61 Å². The molecule has 0 aliphatic carbocycles. The third-order valence-corrected chi connectivity index (χ3v) is 1.34. The van der Waals surface area contributed by atoms with Gasteiger partial charge in [0.2, 0.25) is 0 Å². The third-order valence-electron chi connectivity index (χ3n) is 1.34. The minimum absolute atomic E-state index is 0.0686. The van der Waals surface area contributed by atoms with Gasteiger partial charge in [-0.05, 0) is 26.3 Å². The first-order chi connectivity index (χ1) is 5.07. The van der Waals surface area contributed by atoms with Gasteiger partial charge >= 0.3 is 0 Å². The van der Waals surface area contributed by atoms with E-state index in [1.165, 1.54) is 5.57 Å². The van der Waals surface area contributed by atoms with Gasteiger partial charge in [0.15, 0.2) is 0 Å². The first kappa shape index (κ1) is 10.2. The van der Waals surface area contributed by atoms with Crippen LogP contribution in [-0.2, 0) is 0 Å². The van der Waals surface area contributed by atoms with Crippen LogP contribution < -0.4 is 0 Å². The number of rotatable bonds is 3. The topological polar surface area (TPSA) is 20.2 Å². The Bertz CT molecular complexity index is 193. The van der Waals surface area contributed by atoms with Gasteiger partial charge in [0, 0.05) is 0 Å². The molecule has 0 aromatic carbocycles. The molecule has 0 radical (unpaired) electrons. The Morgan fingerprint density at radius 3 is 2.09 bits per heavy atom. The molecule has 0 aliphatic rings. The lowest BCUT2D eigenvalue weighted by atomic mass is 10.1. The predicted octanol–water partition coefficient (Wildman–Crippen LogP) is 2.45. The quantitative estimate of drug-likeness (QED) is 0.616. The van der Waals surface area contributed by atoms with Crippen molar-refractivity contribution in [3.63, 3.8) is 0 Å². The fourth-order valence-corrected chi connectivity index (χ4v) is 0.597. The Morgan fingerprint density at radius 1 is 1.27 bits per heavy atom. The summed E-state index contributed by atoms with van der Waals surface area (Å²) in [7, 11) is 0. The van der Waals surface area contributed by atoms with E-state index in [0.717, 1.165) is 11.1 Å². The summed E-state index contributed by atoms with van der Waals surface area (Å²) >= 11 is 0. The molecule has 62 valence electrons. The molecule has 0 rings (SSSR count). The lowest BCUT2D eigenvalue weighted by molar-refractivity contribution is 0.333. The van der Waals surface area contributed by atoms with Gasteiger partial charge in [0.05, 0.1) is 6.61 Å². The molecule has 0 amide bonds. The number of aliphatic hydroxyl groups excluding tert-OH is 1. The molecule has 1 nitrogen and oxygen atoms in total. The van der Waals surface area contributed by atoms with E-state index in [1.807, 2.05) is 32.9 Å². The smallest absolute Gasteiger partial charge is 0.0684 e. The maximum absolute atomic E-state index is 8.85.